The van der Waals surface area contributed by atoms with Crippen molar-refractivity contribution in [3.05, 3.63) is 35.6 Å². The molecule has 0 unspecified atom stereocenters. The predicted molar refractivity (Wildman–Crippen MR) is 79.5 cm³/mol. The highest BCUT2D eigenvalue weighted by Crippen LogP contribution is 2.07. The fourth-order valence-electron chi connectivity index (χ4n) is 2.00. The van der Waals surface area contributed by atoms with Crippen LogP contribution >= 0.6 is 0 Å². The van der Waals surface area contributed by atoms with E-state index in [0.29, 0.717) is 5.56 Å². The van der Waals surface area contributed by atoms with Gasteiger partial charge in [-0.25, -0.2) is 9.18 Å². The molecule has 2 amide bonds. The van der Waals surface area contributed by atoms with E-state index in [1.807, 2.05) is 0 Å². The minimum Gasteiger partial charge on any atom is -0.481 e. The smallest absolute Gasteiger partial charge is 0.326 e. The van der Waals surface area contributed by atoms with Crippen LogP contribution in [0.25, 0.3) is 0 Å². The number of hydrogen-bond acceptors (Lipinski definition) is 4. The fourth-order valence-corrected chi connectivity index (χ4v) is 2.00. The van der Waals surface area contributed by atoms with Gasteiger partial charge in [-0.2, -0.15) is 0 Å². The van der Waals surface area contributed by atoms with E-state index in [4.69, 9.17) is 10.2 Å². The maximum absolute atomic E-state index is 13.2. The Kier molecular flexibility index (Phi) is 6.84. The summed E-state index contributed by atoms with van der Waals surface area (Å²) in [5, 5.41) is 22.0. The molecule has 0 spiro atoms. The van der Waals surface area contributed by atoms with E-state index in [-0.39, 0.29) is 6.42 Å². The zero-order valence-corrected chi connectivity index (χ0v) is 12.8. The van der Waals surface area contributed by atoms with Crippen LogP contribution in [-0.2, 0) is 25.6 Å². The van der Waals surface area contributed by atoms with Crippen LogP contribution < -0.4 is 10.6 Å². The number of benzene rings is 1. The van der Waals surface area contributed by atoms with Gasteiger partial charge in [0.25, 0.3) is 0 Å². The standard InChI is InChI=1S/C15H17FN2O6/c1-8(19)17-11(6-9-3-2-4-10(16)5-9)14(22)18-12(15(23)24)7-13(20)21/h2-5,11-12H,6-7H2,1H3,(H,17,19)(H,18,22)(H,20,21)(H,23,24)/t11-,12+/m1/s1. The highest BCUT2D eigenvalue weighted by molar-refractivity contribution is 5.91. The Labute approximate surface area is 136 Å². The van der Waals surface area contributed by atoms with Gasteiger partial charge in [0.1, 0.15) is 17.9 Å². The number of carboxylic acid groups (broad SMARTS) is 2. The molecular formula is C15H17FN2O6. The van der Waals surface area contributed by atoms with Crippen LogP contribution in [0.2, 0.25) is 0 Å². The molecule has 9 heteroatoms. The zero-order chi connectivity index (χ0) is 18.3. The number of amides is 2. The van der Waals surface area contributed by atoms with Crippen LogP contribution in [0.1, 0.15) is 18.9 Å². The van der Waals surface area contributed by atoms with Crippen molar-refractivity contribution in [2.75, 3.05) is 0 Å². The number of hydrogen-bond donors (Lipinski definition) is 4. The predicted octanol–water partition coefficient (Wildman–Crippen LogP) is -0.0830. The lowest BCUT2D eigenvalue weighted by molar-refractivity contribution is -0.147. The Morgan fingerprint density at radius 2 is 1.79 bits per heavy atom. The highest BCUT2D eigenvalue weighted by atomic mass is 19.1. The Bertz CT molecular complexity index is 649. The summed E-state index contributed by atoms with van der Waals surface area (Å²) in [6.45, 7) is 1.16. The molecule has 1 aromatic rings. The molecule has 0 saturated heterocycles. The normalized spacial score (nSPS) is 12.8. The van der Waals surface area contributed by atoms with E-state index < -0.39 is 48.1 Å². The van der Waals surface area contributed by atoms with Gasteiger partial charge in [-0.3, -0.25) is 14.4 Å². The Morgan fingerprint density at radius 1 is 1.12 bits per heavy atom. The molecule has 0 saturated carbocycles. The summed E-state index contributed by atoms with van der Waals surface area (Å²) in [6, 6.07) is 2.55. The number of aliphatic carboxylic acids is 2. The van der Waals surface area contributed by atoms with Gasteiger partial charge in [0.2, 0.25) is 11.8 Å². The van der Waals surface area contributed by atoms with E-state index >= 15 is 0 Å². The second kappa shape index (κ2) is 8.61. The lowest BCUT2D eigenvalue weighted by Crippen LogP contribution is -2.52. The number of halogens is 1. The molecule has 0 bridgehead atoms. The van der Waals surface area contributed by atoms with Crippen molar-refractivity contribution in [2.45, 2.75) is 31.8 Å². The summed E-state index contributed by atoms with van der Waals surface area (Å²) in [6.07, 6.45) is -0.892. The van der Waals surface area contributed by atoms with Crippen LogP contribution in [0.3, 0.4) is 0 Å². The summed E-state index contributed by atoms with van der Waals surface area (Å²) in [5.41, 5.74) is 0.411. The van der Waals surface area contributed by atoms with Gasteiger partial charge < -0.3 is 20.8 Å². The van der Waals surface area contributed by atoms with E-state index in [1.165, 1.54) is 24.3 Å². The molecule has 0 aromatic heterocycles. The van der Waals surface area contributed by atoms with Crippen molar-refractivity contribution in [1.29, 1.82) is 0 Å². The maximum Gasteiger partial charge on any atom is 0.326 e. The number of carbonyl (C=O) groups is 4. The first-order chi connectivity index (χ1) is 11.2. The Morgan fingerprint density at radius 3 is 2.29 bits per heavy atom. The molecule has 130 valence electrons. The molecular weight excluding hydrogens is 323 g/mol. The molecule has 0 aliphatic carbocycles. The first kappa shape index (κ1) is 19.1. The Hall–Kier alpha value is -2.97. The molecule has 0 radical (unpaired) electrons. The number of rotatable bonds is 8. The molecule has 0 fully saturated rings. The third-order valence-electron chi connectivity index (χ3n) is 3.02. The molecule has 0 aliphatic heterocycles. The Balaban J connectivity index is 2.89. The second-order valence-electron chi connectivity index (χ2n) is 5.08. The zero-order valence-electron chi connectivity index (χ0n) is 12.8. The van der Waals surface area contributed by atoms with Gasteiger partial charge >= 0.3 is 11.9 Å². The lowest BCUT2D eigenvalue weighted by Gasteiger charge is -2.20. The molecule has 1 rings (SSSR count). The van der Waals surface area contributed by atoms with Gasteiger partial charge in [0, 0.05) is 13.3 Å². The van der Waals surface area contributed by atoms with Crippen LogP contribution in [0, 0.1) is 5.82 Å². The van der Waals surface area contributed by atoms with Crippen molar-refractivity contribution in [3.63, 3.8) is 0 Å². The third-order valence-corrected chi connectivity index (χ3v) is 3.02. The lowest BCUT2D eigenvalue weighted by atomic mass is 10.0. The summed E-state index contributed by atoms with van der Waals surface area (Å²) in [5.74, 6) is -4.86. The van der Waals surface area contributed by atoms with Crippen molar-refractivity contribution in [2.24, 2.45) is 0 Å². The second-order valence-corrected chi connectivity index (χ2v) is 5.08. The quantitative estimate of drug-likeness (QED) is 0.523. The molecule has 4 N–H and O–H groups in total. The summed E-state index contributed by atoms with van der Waals surface area (Å²) in [4.78, 5) is 45.1. The van der Waals surface area contributed by atoms with Gasteiger partial charge in [0.05, 0.1) is 6.42 Å². The minimum atomic E-state index is -1.64. The summed E-state index contributed by atoms with van der Waals surface area (Å²) >= 11 is 0. The van der Waals surface area contributed by atoms with Gasteiger partial charge in [-0.05, 0) is 17.7 Å². The average Bonchev–Trinajstić information content (AvgIpc) is 2.44. The maximum atomic E-state index is 13.2. The molecule has 2 atom stereocenters. The van der Waals surface area contributed by atoms with Crippen molar-refractivity contribution in [3.8, 4) is 0 Å². The van der Waals surface area contributed by atoms with E-state index in [0.717, 1.165) is 6.92 Å². The third kappa shape index (κ3) is 6.42. The van der Waals surface area contributed by atoms with E-state index in [1.54, 1.807) is 0 Å². The number of carboxylic acids is 2. The van der Waals surface area contributed by atoms with Crippen molar-refractivity contribution >= 4 is 23.8 Å². The largest absolute Gasteiger partial charge is 0.481 e. The van der Waals surface area contributed by atoms with Gasteiger partial charge in [0.15, 0.2) is 0 Å². The van der Waals surface area contributed by atoms with Crippen LogP contribution in [-0.4, -0.2) is 46.0 Å². The topological polar surface area (TPSA) is 133 Å². The SMILES string of the molecule is CC(=O)N[C@H](Cc1cccc(F)c1)C(=O)N[C@@H](CC(=O)O)C(=O)O. The summed E-state index contributed by atoms with van der Waals surface area (Å²) < 4.78 is 13.2. The molecule has 0 heterocycles. The van der Waals surface area contributed by atoms with Crippen LogP contribution in [0.5, 0.6) is 0 Å². The van der Waals surface area contributed by atoms with Gasteiger partial charge in [-0.15, -0.1) is 0 Å². The first-order valence-electron chi connectivity index (χ1n) is 6.95. The molecule has 8 nitrogen and oxygen atoms in total. The molecule has 0 aliphatic rings. The van der Waals surface area contributed by atoms with E-state index in [2.05, 4.69) is 10.6 Å². The number of nitrogens with one attached hydrogen (secondary N) is 2. The van der Waals surface area contributed by atoms with Crippen LogP contribution in [0.15, 0.2) is 24.3 Å². The van der Waals surface area contributed by atoms with E-state index in [9.17, 15) is 23.6 Å². The molecule has 24 heavy (non-hydrogen) atoms. The summed E-state index contributed by atoms with van der Waals surface area (Å²) in [7, 11) is 0. The van der Waals surface area contributed by atoms with Crippen LogP contribution in [0.4, 0.5) is 4.39 Å². The minimum absolute atomic E-state index is 0.0808. The molecule has 1 aromatic carbocycles. The fraction of sp³-hybridized carbons (Fsp3) is 0.333. The monoisotopic (exact) mass is 340 g/mol. The van der Waals surface area contributed by atoms with Gasteiger partial charge in [-0.1, -0.05) is 12.1 Å². The average molecular weight is 340 g/mol. The highest BCUT2D eigenvalue weighted by Gasteiger charge is 2.27. The first-order valence-corrected chi connectivity index (χ1v) is 6.95. The van der Waals surface area contributed by atoms with Crippen molar-refractivity contribution < 1.29 is 33.8 Å². The number of carbonyl (C=O) groups excluding carboxylic acids is 2. The van der Waals surface area contributed by atoms with Crippen molar-refractivity contribution in [1.82, 2.24) is 10.6 Å².